The average molecular weight is 556 g/mol. The lowest BCUT2D eigenvalue weighted by Gasteiger charge is -2.14. The summed E-state index contributed by atoms with van der Waals surface area (Å²) < 4.78 is 20.0. The zero-order chi connectivity index (χ0) is 25.7. The molecular formula is C24H23BrFN7O3. The lowest BCUT2D eigenvalue weighted by Crippen LogP contribution is -2.19. The minimum atomic E-state index is -0.436. The normalized spacial score (nSPS) is 11.6. The number of anilines is 2. The fraction of sp³-hybridized carbons (Fsp3) is 0.208. The summed E-state index contributed by atoms with van der Waals surface area (Å²) in [5, 5.41) is 18.6. The van der Waals surface area contributed by atoms with E-state index >= 15 is 0 Å². The molecule has 2 aromatic carbocycles. The van der Waals surface area contributed by atoms with E-state index in [0.29, 0.717) is 17.9 Å². The first kappa shape index (κ1) is 25.0. The number of nitrogens with one attached hydrogen (secondary N) is 2. The van der Waals surface area contributed by atoms with Crippen molar-refractivity contribution in [3.05, 3.63) is 87.5 Å². The Morgan fingerprint density at radius 2 is 1.97 bits per heavy atom. The topological polar surface area (TPSA) is 119 Å². The highest BCUT2D eigenvalue weighted by Gasteiger charge is 2.24. The molecule has 1 amide bonds. The van der Waals surface area contributed by atoms with Crippen LogP contribution in [0, 0.1) is 5.82 Å². The number of benzene rings is 2. The molecule has 0 fully saturated rings. The standard InChI is InChI=1S/C24H23BrFN7O3/c1-24(2,3)21-12-20(33(29-21)14-15-7-5-4-6-8-15)23(34)28-22-19(31-36-32-22)13-27-35-30-16-9-10-18(26)17(25)11-16/h4-13,30H,14H2,1-3H3,(H,28,32,34)/b27-13+. The quantitative estimate of drug-likeness (QED) is 0.228. The molecule has 0 saturated carbocycles. The fourth-order valence-corrected chi connectivity index (χ4v) is 3.48. The van der Waals surface area contributed by atoms with Crippen LogP contribution in [-0.4, -0.2) is 32.2 Å². The summed E-state index contributed by atoms with van der Waals surface area (Å²) in [4.78, 5) is 18.2. The molecule has 0 aliphatic rings. The molecule has 36 heavy (non-hydrogen) atoms. The first-order valence-electron chi connectivity index (χ1n) is 10.9. The second kappa shape index (κ2) is 10.7. The number of carbonyl (C=O) groups excluding carboxylic acids is 1. The predicted octanol–water partition coefficient (Wildman–Crippen LogP) is 5.14. The van der Waals surface area contributed by atoms with E-state index < -0.39 is 11.7 Å². The molecule has 4 aromatic rings. The highest BCUT2D eigenvalue weighted by atomic mass is 79.9. The number of nitrogens with zero attached hydrogens (tertiary/aromatic N) is 5. The third kappa shape index (κ3) is 6.13. The highest BCUT2D eigenvalue weighted by molar-refractivity contribution is 9.10. The summed E-state index contributed by atoms with van der Waals surface area (Å²) in [6, 6.07) is 15.7. The van der Waals surface area contributed by atoms with Gasteiger partial charge in [-0.3, -0.25) is 14.4 Å². The third-order valence-electron chi connectivity index (χ3n) is 5.01. The number of aromatic nitrogens is 4. The summed E-state index contributed by atoms with van der Waals surface area (Å²) in [5.41, 5.74) is 5.02. The van der Waals surface area contributed by atoms with Gasteiger partial charge in [-0.05, 0) is 56.1 Å². The van der Waals surface area contributed by atoms with Crippen LogP contribution in [0.3, 0.4) is 0 Å². The Morgan fingerprint density at radius 3 is 2.69 bits per heavy atom. The van der Waals surface area contributed by atoms with E-state index in [-0.39, 0.29) is 21.4 Å². The van der Waals surface area contributed by atoms with Gasteiger partial charge in [-0.2, -0.15) is 10.6 Å². The maximum absolute atomic E-state index is 13.3. The van der Waals surface area contributed by atoms with Crippen molar-refractivity contribution in [2.24, 2.45) is 5.16 Å². The molecule has 0 radical (unpaired) electrons. The summed E-state index contributed by atoms with van der Waals surface area (Å²) >= 11 is 3.09. The lowest BCUT2D eigenvalue weighted by atomic mass is 9.92. The molecule has 2 aromatic heterocycles. The summed E-state index contributed by atoms with van der Waals surface area (Å²) in [6.45, 7) is 6.50. The van der Waals surface area contributed by atoms with Crippen LogP contribution in [-0.2, 0) is 16.9 Å². The van der Waals surface area contributed by atoms with Crippen molar-refractivity contribution in [2.75, 3.05) is 10.8 Å². The van der Waals surface area contributed by atoms with Crippen LogP contribution in [0.2, 0.25) is 0 Å². The average Bonchev–Trinajstić information content (AvgIpc) is 3.46. The summed E-state index contributed by atoms with van der Waals surface area (Å²) in [5.74, 6) is -0.783. The molecular weight excluding hydrogens is 533 g/mol. The second-order valence-corrected chi connectivity index (χ2v) is 9.67. The molecule has 0 aliphatic heterocycles. The van der Waals surface area contributed by atoms with Gasteiger partial charge in [0.25, 0.3) is 5.91 Å². The van der Waals surface area contributed by atoms with Crippen LogP contribution in [0.15, 0.2) is 68.9 Å². The van der Waals surface area contributed by atoms with E-state index in [2.05, 4.69) is 47.3 Å². The van der Waals surface area contributed by atoms with Crippen molar-refractivity contribution >= 4 is 39.6 Å². The van der Waals surface area contributed by atoms with Crippen LogP contribution >= 0.6 is 15.9 Å². The minimum absolute atomic E-state index is 0.0571. The lowest BCUT2D eigenvalue weighted by molar-refractivity contribution is 0.101. The van der Waals surface area contributed by atoms with E-state index in [9.17, 15) is 9.18 Å². The zero-order valence-corrected chi connectivity index (χ0v) is 21.3. The number of carbonyl (C=O) groups is 1. The van der Waals surface area contributed by atoms with Crippen molar-refractivity contribution in [1.29, 1.82) is 0 Å². The monoisotopic (exact) mass is 555 g/mol. The number of hydrogen-bond acceptors (Lipinski definition) is 8. The van der Waals surface area contributed by atoms with E-state index in [1.165, 1.54) is 24.4 Å². The van der Waals surface area contributed by atoms with Crippen molar-refractivity contribution in [1.82, 2.24) is 20.1 Å². The van der Waals surface area contributed by atoms with Gasteiger partial charge in [-0.25, -0.2) is 9.02 Å². The van der Waals surface area contributed by atoms with Gasteiger partial charge < -0.3 is 5.32 Å². The minimum Gasteiger partial charge on any atom is -0.300 e. The first-order chi connectivity index (χ1) is 17.2. The van der Waals surface area contributed by atoms with Gasteiger partial charge in [0.15, 0.2) is 5.69 Å². The Bertz CT molecular complexity index is 1380. The van der Waals surface area contributed by atoms with Gasteiger partial charge in [-0.15, -0.1) is 0 Å². The summed E-state index contributed by atoms with van der Waals surface area (Å²) in [7, 11) is 0. The molecule has 2 N–H and O–H groups in total. The Labute approximate surface area is 214 Å². The number of halogens is 2. The van der Waals surface area contributed by atoms with Crippen molar-refractivity contribution < 1.29 is 18.8 Å². The molecule has 0 aliphatic carbocycles. The van der Waals surface area contributed by atoms with Gasteiger partial charge in [0.1, 0.15) is 17.7 Å². The Kier molecular flexibility index (Phi) is 7.44. The Balaban J connectivity index is 1.47. The largest absolute Gasteiger partial charge is 0.300 e. The number of hydrogen-bond donors (Lipinski definition) is 2. The van der Waals surface area contributed by atoms with Crippen LogP contribution < -0.4 is 10.8 Å². The molecule has 0 atom stereocenters. The molecule has 12 heteroatoms. The van der Waals surface area contributed by atoms with Crippen molar-refractivity contribution in [3.8, 4) is 0 Å². The molecule has 2 heterocycles. The van der Waals surface area contributed by atoms with Gasteiger partial charge in [0.05, 0.1) is 22.4 Å². The molecule has 0 unspecified atom stereocenters. The van der Waals surface area contributed by atoms with Gasteiger partial charge in [-0.1, -0.05) is 56.3 Å². The molecule has 186 valence electrons. The number of oxime groups is 1. The van der Waals surface area contributed by atoms with Gasteiger partial charge in [0.2, 0.25) is 5.82 Å². The van der Waals surface area contributed by atoms with Crippen LogP contribution in [0.5, 0.6) is 0 Å². The molecule has 0 saturated heterocycles. The number of rotatable bonds is 8. The SMILES string of the molecule is CC(C)(C)c1cc(C(=O)Nc2nonc2/C=N/ONc2ccc(F)c(Br)c2)n(Cc2ccccc2)n1. The maximum Gasteiger partial charge on any atom is 0.275 e. The van der Waals surface area contributed by atoms with E-state index in [4.69, 9.17) is 9.57 Å². The second-order valence-electron chi connectivity index (χ2n) is 8.82. The van der Waals surface area contributed by atoms with Crippen LogP contribution in [0.1, 0.15) is 48.2 Å². The van der Waals surface area contributed by atoms with E-state index in [1.807, 2.05) is 51.1 Å². The molecule has 10 nitrogen and oxygen atoms in total. The maximum atomic E-state index is 13.3. The van der Waals surface area contributed by atoms with Gasteiger partial charge in [0, 0.05) is 5.41 Å². The molecule has 4 rings (SSSR count). The van der Waals surface area contributed by atoms with Crippen molar-refractivity contribution in [3.63, 3.8) is 0 Å². The number of amides is 1. The molecule has 0 spiro atoms. The smallest absolute Gasteiger partial charge is 0.275 e. The van der Waals surface area contributed by atoms with Crippen molar-refractivity contribution in [2.45, 2.75) is 32.7 Å². The molecule has 0 bridgehead atoms. The zero-order valence-electron chi connectivity index (χ0n) is 19.7. The first-order valence-corrected chi connectivity index (χ1v) is 11.7. The fourth-order valence-electron chi connectivity index (χ4n) is 3.10. The Morgan fingerprint density at radius 1 is 1.19 bits per heavy atom. The van der Waals surface area contributed by atoms with E-state index in [0.717, 1.165) is 11.3 Å². The van der Waals surface area contributed by atoms with E-state index in [1.54, 1.807) is 10.7 Å². The predicted molar refractivity (Wildman–Crippen MR) is 135 cm³/mol. The summed E-state index contributed by atoms with van der Waals surface area (Å²) in [6.07, 6.45) is 1.21. The van der Waals surface area contributed by atoms with Crippen LogP contribution in [0.4, 0.5) is 15.9 Å². The highest BCUT2D eigenvalue weighted by Crippen LogP contribution is 2.23. The Hall–Kier alpha value is -4.06. The van der Waals surface area contributed by atoms with Crippen LogP contribution in [0.25, 0.3) is 0 Å². The third-order valence-corrected chi connectivity index (χ3v) is 5.62. The van der Waals surface area contributed by atoms with Gasteiger partial charge >= 0.3 is 0 Å².